The minimum Gasteiger partial charge on any atom is -0.399 e. The van der Waals surface area contributed by atoms with Crippen LogP contribution in [0.3, 0.4) is 0 Å². The molecular weight excluding hydrogens is 222 g/mol. The van der Waals surface area contributed by atoms with Crippen LogP contribution in [0.25, 0.3) is 0 Å². The molecular formula is C12H12ClN3. The summed E-state index contributed by atoms with van der Waals surface area (Å²) in [5.74, 6) is 0.842. The molecule has 0 spiro atoms. The average molecular weight is 234 g/mol. The highest BCUT2D eigenvalue weighted by atomic mass is 35.5. The number of halogens is 1. The maximum Gasteiger partial charge on any atom is 0.132 e. The first-order chi connectivity index (χ1) is 7.68. The van der Waals surface area contributed by atoms with E-state index in [0.29, 0.717) is 10.7 Å². The van der Waals surface area contributed by atoms with Crippen molar-refractivity contribution in [2.45, 2.75) is 0 Å². The van der Waals surface area contributed by atoms with Crippen LogP contribution in [0.5, 0.6) is 0 Å². The summed E-state index contributed by atoms with van der Waals surface area (Å²) < 4.78 is 0. The Kier molecular flexibility index (Phi) is 2.97. The van der Waals surface area contributed by atoms with Crippen molar-refractivity contribution in [3.05, 3.63) is 47.6 Å². The molecule has 0 amide bonds. The Morgan fingerprint density at radius 1 is 1.25 bits per heavy atom. The van der Waals surface area contributed by atoms with Crippen molar-refractivity contribution >= 4 is 28.8 Å². The van der Waals surface area contributed by atoms with Gasteiger partial charge in [0.05, 0.1) is 10.7 Å². The van der Waals surface area contributed by atoms with Gasteiger partial charge in [-0.25, -0.2) is 4.98 Å². The molecule has 0 aliphatic heterocycles. The lowest BCUT2D eigenvalue weighted by molar-refractivity contribution is 1.13. The Hall–Kier alpha value is -1.74. The number of pyridine rings is 1. The van der Waals surface area contributed by atoms with E-state index in [2.05, 4.69) is 4.98 Å². The van der Waals surface area contributed by atoms with Gasteiger partial charge < -0.3 is 10.6 Å². The number of anilines is 3. The van der Waals surface area contributed by atoms with Gasteiger partial charge in [0.2, 0.25) is 0 Å². The molecule has 2 N–H and O–H groups in total. The normalized spacial score (nSPS) is 10.1. The molecule has 0 radical (unpaired) electrons. The molecule has 1 aromatic heterocycles. The van der Waals surface area contributed by atoms with Gasteiger partial charge in [-0.3, -0.25) is 0 Å². The van der Waals surface area contributed by atoms with Crippen LogP contribution < -0.4 is 10.6 Å². The van der Waals surface area contributed by atoms with E-state index < -0.39 is 0 Å². The predicted molar refractivity (Wildman–Crippen MR) is 68.2 cm³/mol. The van der Waals surface area contributed by atoms with Gasteiger partial charge in [0, 0.05) is 18.9 Å². The second-order valence-electron chi connectivity index (χ2n) is 3.46. The second kappa shape index (κ2) is 4.41. The molecule has 0 aliphatic rings. The molecule has 0 bridgehead atoms. The van der Waals surface area contributed by atoms with Crippen molar-refractivity contribution < 1.29 is 0 Å². The molecule has 0 saturated carbocycles. The molecule has 0 atom stereocenters. The van der Waals surface area contributed by atoms with E-state index >= 15 is 0 Å². The maximum atomic E-state index is 6.12. The summed E-state index contributed by atoms with van der Waals surface area (Å²) in [5.41, 5.74) is 7.19. The molecule has 4 heteroatoms. The van der Waals surface area contributed by atoms with Crippen LogP contribution in [0.2, 0.25) is 5.02 Å². The number of nitrogens with two attached hydrogens (primary N) is 1. The fourth-order valence-electron chi connectivity index (χ4n) is 1.47. The van der Waals surface area contributed by atoms with Gasteiger partial charge in [-0.05, 0) is 30.3 Å². The van der Waals surface area contributed by atoms with E-state index in [1.807, 2.05) is 42.3 Å². The van der Waals surface area contributed by atoms with Crippen molar-refractivity contribution in [3.8, 4) is 0 Å². The Balaban J connectivity index is 2.38. The average Bonchev–Trinajstić information content (AvgIpc) is 2.29. The van der Waals surface area contributed by atoms with E-state index in [0.717, 1.165) is 11.5 Å². The summed E-state index contributed by atoms with van der Waals surface area (Å²) in [5, 5.41) is 0.619. The van der Waals surface area contributed by atoms with Crippen LogP contribution in [0.1, 0.15) is 0 Å². The molecule has 0 unspecified atom stereocenters. The van der Waals surface area contributed by atoms with Crippen LogP contribution in [0, 0.1) is 0 Å². The largest absolute Gasteiger partial charge is 0.399 e. The molecule has 2 rings (SSSR count). The Labute approximate surface area is 99.5 Å². The molecule has 2 aromatic rings. The zero-order chi connectivity index (χ0) is 11.5. The van der Waals surface area contributed by atoms with E-state index in [-0.39, 0.29) is 0 Å². The third kappa shape index (κ3) is 2.09. The quantitative estimate of drug-likeness (QED) is 0.811. The highest BCUT2D eigenvalue weighted by Crippen LogP contribution is 2.30. The summed E-state index contributed by atoms with van der Waals surface area (Å²) in [7, 11) is 1.92. The number of nitrogens with zero attached hydrogens (tertiary/aromatic N) is 2. The first kappa shape index (κ1) is 10.8. The minimum absolute atomic E-state index is 0.619. The van der Waals surface area contributed by atoms with E-state index in [1.54, 1.807) is 12.3 Å². The van der Waals surface area contributed by atoms with Gasteiger partial charge in [-0.1, -0.05) is 17.7 Å². The molecule has 0 saturated heterocycles. The van der Waals surface area contributed by atoms with Crippen molar-refractivity contribution in [1.29, 1.82) is 0 Å². The predicted octanol–water partition coefficient (Wildman–Crippen LogP) is 3.09. The van der Waals surface area contributed by atoms with E-state index in [4.69, 9.17) is 17.3 Å². The second-order valence-corrected chi connectivity index (χ2v) is 3.87. The first-order valence-corrected chi connectivity index (χ1v) is 5.26. The number of benzene rings is 1. The lowest BCUT2D eigenvalue weighted by Crippen LogP contribution is -2.11. The van der Waals surface area contributed by atoms with E-state index in [1.165, 1.54) is 0 Å². The number of rotatable bonds is 2. The zero-order valence-corrected chi connectivity index (χ0v) is 9.65. The summed E-state index contributed by atoms with van der Waals surface area (Å²) >= 11 is 6.12. The third-order valence-electron chi connectivity index (χ3n) is 2.33. The van der Waals surface area contributed by atoms with Crippen molar-refractivity contribution in [2.75, 3.05) is 17.7 Å². The smallest absolute Gasteiger partial charge is 0.132 e. The Bertz CT molecular complexity index is 485. The molecule has 82 valence electrons. The molecule has 16 heavy (non-hydrogen) atoms. The maximum absolute atomic E-state index is 6.12. The van der Waals surface area contributed by atoms with Crippen molar-refractivity contribution in [2.24, 2.45) is 0 Å². The van der Waals surface area contributed by atoms with Crippen LogP contribution in [0.4, 0.5) is 17.2 Å². The topological polar surface area (TPSA) is 42.2 Å². The number of aromatic nitrogens is 1. The van der Waals surface area contributed by atoms with Gasteiger partial charge in [0.1, 0.15) is 5.82 Å². The Morgan fingerprint density at radius 3 is 2.69 bits per heavy atom. The lowest BCUT2D eigenvalue weighted by Gasteiger charge is -2.19. The van der Waals surface area contributed by atoms with Crippen LogP contribution in [-0.4, -0.2) is 12.0 Å². The highest BCUT2D eigenvalue weighted by Gasteiger charge is 2.08. The number of nitrogen functional groups attached to an aromatic ring is 1. The SMILES string of the molecule is CN(c1ccccn1)c1ccc(N)cc1Cl. The first-order valence-electron chi connectivity index (χ1n) is 4.88. The van der Waals surface area contributed by atoms with Gasteiger partial charge in [0.15, 0.2) is 0 Å². The fraction of sp³-hybridized carbons (Fsp3) is 0.0833. The van der Waals surface area contributed by atoms with Crippen LogP contribution >= 0.6 is 11.6 Å². The standard InChI is InChI=1S/C12H12ClN3/c1-16(12-4-2-3-7-15-12)11-6-5-9(14)8-10(11)13/h2-8H,14H2,1H3. The molecule has 0 fully saturated rings. The van der Waals surface area contributed by atoms with E-state index in [9.17, 15) is 0 Å². The number of hydrogen-bond acceptors (Lipinski definition) is 3. The van der Waals surface area contributed by atoms with Crippen molar-refractivity contribution in [1.82, 2.24) is 4.98 Å². The summed E-state index contributed by atoms with van der Waals surface area (Å²) in [6.07, 6.45) is 1.75. The summed E-state index contributed by atoms with van der Waals surface area (Å²) in [6.45, 7) is 0. The van der Waals surface area contributed by atoms with Crippen LogP contribution in [0.15, 0.2) is 42.6 Å². The summed E-state index contributed by atoms with van der Waals surface area (Å²) in [4.78, 5) is 6.17. The monoisotopic (exact) mass is 233 g/mol. The molecule has 1 aromatic carbocycles. The lowest BCUT2D eigenvalue weighted by atomic mass is 10.2. The van der Waals surface area contributed by atoms with Crippen LogP contribution in [-0.2, 0) is 0 Å². The van der Waals surface area contributed by atoms with Crippen molar-refractivity contribution in [3.63, 3.8) is 0 Å². The Morgan fingerprint density at radius 2 is 2.06 bits per heavy atom. The van der Waals surface area contributed by atoms with Gasteiger partial charge in [0.25, 0.3) is 0 Å². The van der Waals surface area contributed by atoms with Gasteiger partial charge in [-0.2, -0.15) is 0 Å². The van der Waals surface area contributed by atoms with Gasteiger partial charge >= 0.3 is 0 Å². The fourth-order valence-corrected chi connectivity index (χ4v) is 1.79. The number of hydrogen-bond donors (Lipinski definition) is 1. The summed E-state index contributed by atoms with van der Waals surface area (Å²) in [6, 6.07) is 11.2. The molecule has 0 aliphatic carbocycles. The molecule has 1 heterocycles. The highest BCUT2D eigenvalue weighted by molar-refractivity contribution is 6.33. The zero-order valence-electron chi connectivity index (χ0n) is 8.89. The minimum atomic E-state index is 0.619. The third-order valence-corrected chi connectivity index (χ3v) is 2.63. The molecule has 3 nitrogen and oxygen atoms in total. The van der Waals surface area contributed by atoms with Gasteiger partial charge in [-0.15, -0.1) is 0 Å².